The van der Waals surface area contributed by atoms with Crippen LogP contribution in [0.2, 0.25) is 0 Å². The number of carboxylic acids is 1. The van der Waals surface area contributed by atoms with E-state index in [9.17, 15) is 34.8 Å². The first kappa shape index (κ1) is 48.7. The highest BCUT2D eigenvalue weighted by atomic mass is 16.7. The van der Waals surface area contributed by atoms with Crippen LogP contribution in [0.3, 0.4) is 0 Å². The zero-order valence-electron chi connectivity index (χ0n) is 33.0. The normalized spacial score (nSPS) is 21.0. The lowest BCUT2D eigenvalue weighted by atomic mass is 9.99. The van der Waals surface area contributed by atoms with Crippen LogP contribution in [0.15, 0.2) is 24.3 Å². The van der Waals surface area contributed by atoms with Gasteiger partial charge in [-0.3, -0.25) is 9.59 Å². The van der Waals surface area contributed by atoms with Gasteiger partial charge < -0.3 is 39.4 Å². The van der Waals surface area contributed by atoms with Gasteiger partial charge in [-0.15, -0.1) is 0 Å². The summed E-state index contributed by atoms with van der Waals surface area (Å²) in [7, 11) is 0. The predicted octanol–water partition coefficient (Wildman–Crippen LogP) is 8.25. The van der Waals surface area contributed by atoms with Crippen molar-refractivity contribution in [1.29, 1.82) is 0 Å². The molecule has 308 valence electrons. The Bertz CT molecular complexity index is 984. The van der Waals surface area contributed by atoms with E-state index in [-0.39, 0.29) is 19.4 Å². The van der Waals surface area contributed by atoms with Crippen LogP contribution in [0.25, 0.3) is 0 Å². The van der Waals surface area contributed by atoms with E-state index in [4.69, 9.17) is 18.9 Å². The zero-order valence-corrected chi connectivity index (χ0v) is 33.0. The second kappa shape index (κ2) is 33.1. The highest BCUT2D eigenvalue weighted by Crippen LogP contribution is 2.23. The smallest absolute Gasteiger partial charge is 0.335 e. The van der Waals surface area contributed by atoms with Crippen LogP contribution in [-0.2, 0) is 33.3 Å². The number of carbonyl (C=O) groups excluding carboxylic acids is 2. The zero-order chi connectivity index (χ0) is 38.9. The maximum absolute atomic E-state index is 12.7. The molecule has 1 rings (SSSR count). The second-order valence-corrected chi connectivity index (χ2v) is 14.5. The van der Waals surface area contributed by atoms with Gasteiger partial charge in [0, 0.05) is 12.8 Å². The number of ether oxygens (including phenoxy) is 4. The van der Waals surface area contributed by atoms with Gasteiger partial charge in [-0.1, -0.05) is 122 Å². The number of aliphatic hydroxyl groups is 3. The minimum absolute atomic E-state index is 0.172. The number of aliphatic hydroxyl groups excluding tert-OH is 3. The molecule has 4 N–H and O–H groups in total. The topological polar surface area (TPSA) is 169 Å². The Morgan fingerprint density at radius 3 is 1.51 bits per heavy atom. The van der Waals surface area contributed by atoms with Gasteiger partial charge in [-0.25, -0.2) is 4.79 Å². The number of hydrogen-bond donors (Lipinski definition) is 4. The maximum atomic E-state index is 12.7. The summed E-state index contributed by atoms with van der Waals surface area (Å²) < 4.78 is 21.7. The summed E-state index contributed by atoms with van der Waals surface area (Å²) in [4.78, 5) is 36.7. The lowest BCUT2D eigenvalue weighted by Crippen LogP contribution is -2.60. The van der Waals surface area contributed by atoms with E-state index in [1.54, 1.807) is 0 Å². The summed E-state index contributed by atoms with van der Waals surface area (Å²) in [5.41, 5.74) is 0. The van der Waals surface area contributed by atoms with Gasteiger partial charge in [0.05, 0.1) is 6.61 Å². The van der Waals surface area contributed by atoms with Crippen LogP contribution >= 0.6 is 0 Å². The number of carbonyl (C=O) groups is 3. The third kappa shape index (κ3) is 25.4. The number of allylic oxidation sites excluding steroid dienone is 4. The molecule has 0 aromatic heterocycles. The molecule has 0 radical (unpaired) electrons. The Labute approximate surface area is 319 Å². The number of esters is 2. The molecule has 6 atom stereocenters. The monoisotopic (exact) mass is 755 g/mol. The van der Waals surface area contributed by atoms with E-state index >= 15 is 0 Å². The average Bonchev–Trinajstić information content (AvgIpc) is 3.14. The van der Waals surface area contributed by atoms with E-state index in [0.29, 0.717) is 12.8 Å². The van der Waals surface area contributed by atoms with Gasteiger partial charge in [0.25, 0.3) is 0 Å². The fraction of sp³-hybridized carbons (Fsp3) is 0.833. The van der Waals surface area contributed by atoms with Crippen LogP contribution in [0.1, 0.15) is 174 Å². The first-order valence-corrected chi connectivity index (χ1v) is 20.9. The lowest BCUT2D eigenvalue weighted by molar-refractivity contribution is -0.298. The van der Waals surface area contributed by atoms with Crippen LogP contribution in [0.4, 0.5) is 0 Å². The van der Waals surface area contributed by atoms with E-state index in [0.717, 1.165) is 77.0 Å². The number of aliphatic carboxylic acids is 1. The van der Waals surface area contributed by atoms with Crippen LogP contribution < -0.4 is 0 Å². The summed E-state index contributed by atoms with van der Waals surface area (Å²) in [6, 6.07) is 0. The summed E-state index contributed by atoms with van der Waals surface area (Å²) in [5, 5.41) is 39.7. The fourth-order valence-electron chi connectivity index (χ4n) is 6.16. The van der Waals surface area contributed by atoms with Crippen LogP contribution in [0.5, 0.6) is 0 Å². The molecule has 11 heteroatoms. The van der Waals surface area contributed by atoms with Crippen molar-refractivity contribution in [3.63, 3.8) is 0 Å². The Morgan fingerprint density at radius 2 is 1.00 bits per heavy atom. The summed E-state index contributed by atoms with van der Waals surface area (Å²) in [6.07, 6.45) is 25.2. The molecule has 0 saturated carbocycles. The molecule has 0 aromatic carbocycles. The predicted molar refractivity (Wildman–Crippen MR) is 206 cm³/mol. The third-order valence-corrected chi connectivity index (χ3v) is 9.52. The van der Waals surface area contributed by atoms with E-state index in [1.165, 1.54) is 57.8 Å². The molecular formula is C42H74O11. The molecule has 0 aromatic rings. The van der Waals surface area contributed by atoms with Crippen molar-refractivity contribution in [2.75, 3.05) is 13.2 Å². The van der Waals surface area contributed by atoms with Crippen molar-refractivity contribution in [3.05, 3.63) is 24.3 Å². The van der Waals surface area contributed by atoms with Gasteiger partial charge in [-0.2, -0.15) is 0 Å². The van der Waals surface area contributed by atoms with Gasteiger partial charge in [-0.05, 0) is 64.2 Å². The van der Waals surface area contributed by atoms with Crippen LogP contribution in [0, 0.1) is 0 Å². The molecule has 1 heterocycles. The first-order valence-electron chi connectivity index (χ1n) is 20.9. The van der Waals surface area contributed by atoms with Gasteiger partial charge in [0.1, 0.15) is 24.9 Å². The molecule has 1 fully saturated rings. The summed E-state index contributed by atoms with van der Waals surface area (Å²) >= 11 is 0. The molecule has 1 aliphatic rings. The molecule has 0 amide bonds. The fourth-order valence-corrected chi connectivity index (χ4v) is 6.16. The van der Waals surface area contributed by atoms with Crippen molar-refractivity contribution in [3.8, 4) is 0 Å². The molecule has 6 unspecified atom stereocenters. The lowest BCUT2D eigenvalue weighted by Gasteiger charge is -2.38. The summed E-state index contributed by atoms with van der Waals surface area (Å²) in [6.45, 7) is 3.75. The number of rotatable bonds is 34. The number of carboxylic acid groups (broad SMARTS) is 1. The first-order chi connectivity index (χ1) is 25.7. The minimum Gasteiger partial charge on any atom is -0.479 e. The Balaban J connectivity index is 2.41. The van der Waals surface area contributed by atoms with Crippen LogP contribution in [-0.4, -0.2) is 88.4 Å². The van der Waals surface area contributed by atoms with Crippen molar-refractivity contribution in [2.24, 2.45) is 0 Å². The molecular weight excluding hydrogens is 680 g/mol. The highest BCUT2D eigenvalue weighted by molar-refractivity contribution is 5.73. The SMILES string of the molecule is CCCCC/C=C\CCCCCCCC(=O)OC(COC(=O)CCCCCCC/C=C\CCCCCCCC)COC1OC(C(=O)O)C(O)C(O)C1O. The summed E-state index contributed by atoms with van der Waals surface area (Å²) in [5.74, 6) is -2.47. The van der Waals surface area contributed by atoms with Crippen molar-refractivity contribution in [2.45, 2.75) is 211 Å². The number of hydrogen-bond acceptors (Lipinski definition) is 10. The molecule has 1 aliphatic heterocycles. The van der Waals surface area contributed by atoms with Crippen molar-refractivity contribution < 1.29 is 53.8 Å². The van der Waals surface area contributed by atoms with E-state index < -0.39 is 61.3 Å². The minimum atomic E-state index is -1.86. The average molecular weight is 755 g/mol. The van der Waals surface area contributed by atoms with Crippen molar-refractivity contribution >= 4 is 17.9 Å². The van der Waals surface area contributed by atoms with Crippen molar-refractivity contribution in [1.82, 2.24) is 0 Å². The van der Waals surface area contributed by atoms with Gasteiger partial charge in [0.2, 0.25) is 0 Å². The molecule has 1 saturated heterocycles. The van der Waals surface area contributed by atoms with Gasteiger partial charge in [0.15, 0.2) is 18.5 Å². The molecule has 0 spiro atoms. The Hall–Kier alpha value is -2.31. The Morgan fingerprint density at radius 1 is 0.566 bits per heavy atom. The third-order valence-electron chi connectivity index (χ3n) is 9.52. The largest absolute Gasteiger partial charge is 0.479 e. The highest BCUT2D eigenvalue weighted by Gasteiger charge is 2.47. The molecule has 0 bridgehead atoms. The second-order valence-electron chi connectivity index (χ2n) is 14.5. The quantitative estimate of drug-likeness (QED) is 0.0284. The maximum Gasteiger partial charge on any atom is 0.335 e. The standard InChI is InChI=1S/C42H74O11/c1-3-5-7-9-11-13-15-17-18-19-21-22-24-26-28-30-35(43)50-32-34(33-51-42-39(47)37(45)38(46)40(53-42)41(48)49)52-36(44)31-29-27-25-23-20-16-14-12-10-8-6-4-2/h12,14,17-18,34,37-40,42,45-47H,3-11,13,15-16,19-33H2,1-2H3,(H,48,49)/b14-12-,18-17-. The molecule has 0 aliphatic carbocycles. The van der Waals surface area contributed by atoms with E-state index in [1.807, 2.05) is 0 Å². The van der Waals surface area contributed by atoms with Gasteiger partial charge >= 0.3 is 17.9 Å². The Kier molecular flexibility index (Phi) is 30.4. The number of unbranched alkanes of at least 4 members (excludes halogenated alkanes) is 19. The molecule has 11 nitrogen and oxygen atoms in total. The van der Waals surface area contributed by atoms with E-state index in [2.05, 4.69) is 38.2 Å². The molecule has 53 heavy (non-hydrogen) atoms.